The number of ketones is 1. The van der Waals surface area contributed by atoms with Gasteiger partial charge in [-0.1, -0.05) is 13.8 Å². The van der Waals surface area contributed by atoms with Crippen molar-refractivity contribution in [3.63, 3.8) is 0 Å². The maximum atomic E-state index is 13.0. The molecule has 0 spiro atoms. The Balaban J connectivity index is 2.37. The molecule has 0 aliphatic carbocycles. The molecule has 1 aliphatic rings. The zero-order valence-corrected chi connectivity index (χ0v) is 13.4. The van der Waals surface area contributed by atoms with E-state index in [-0.39, 0.29) is 5.78 Å². The van der Waals surface area contributed by atoms with Gasteiger partial charge in [-0.2, -0.15) is 0 Å². The summed E-state index contributed by atoms with van der Waals surface area (Å²) in [5.74, 6) is 1.55. The second kappa shape index (κ2) is 6.48. The number of nitrogens with zero attached hydrogens (tertiary/aromatic N) is 1. The monoisotopic (exact) mass is 291 g/mol. The van der Waals surface area contributed by atoms with Crippen LogP contribution in [0.15, 0.2) is 18.2 Å². The molecule has 116 valence electrons. The van der Waals surface area contributed by atoms with Gasteiger partial charge in [0, 0.05) is 12.0 Å². The van der Waals surface area contributed by atoms with E-state index in [2.05, 4.69) is 13.8 Å². The van der Waals surface area contributed by atoms with Gasteiger partial charge in [0.15, 0.2) is 17.3 Å². The van der Waals surface area contributed by atoms with Gasteiger partial charge < -0.3 is 9.47 Å². The summed E-state index contributed by atoms with van der Waals surface area (Å²) >= 11 is 0. The van der Waals surface area contributed by atoms with Crippen LogP contribution in [-0.4, -0.2) is 43.5 Å². The fourth-order valence-electron chi connectivity index (χ4n) is 2.98. The van der Waals surface area contributed by atoms with E-state index < -0.39 is 5.54 Å². The number of fused-ring (bicyclic) bond motifs is 1. The molecule has 0 unspecified atom stereocenters. The summed E-state index contributed by atoms with van der Waals surface area (Å²) in [6, 6.07) is 5.52. The smallest absolute Gasteiger partial charge is 0.183 e. The van der Waals surface area contributed by atoms with Crippen molar-refractivity contribution >= 4 is 5.78 Å². The number of hydrogen-bond acceptors (Lipinski definition) is 4. The largest absolute Gasteiger partial charge is 0.490 e. The first-order chi connectivity index (χ1) is 10.0. The number of Topliss-reactive ketones (excluding diaryl/α,β-unsaturated/α-hetero) is 1. The first kappa shape index (κ1) is 15.8. The molecular weight excluding hydrogens is 266 g/mol. The number of carbonyl (C=O) groups excluding carboxylic acids is 1. The van der Waals surface area contributed by atoms with Crippen LogP contribution in [0, 0.1) is 0 Å². The number of likely N-dealkylation sites (N-methyl/N-ethyl adjacent to an activating group) is 1. The van der Waals surface area contributed by atoms with E-state index in [1.54, 1.807) is 0 Å². The van der Waals surface area contributed by atoms with Crippen LogP contribution in [-0.2, 0) is 0 Å². The lowest BCUT2D eigenvalue weighted by Crippen LogP contribution is -2.50. The molecule has 21 heavy (non-hydrogen) atoms. The Kier molecular flexibility index (Phi) is 4.88. The molecule has 4 heteroatoms. The first-order valence-electron chi connectivity index (χ1n) is 7.67. The first-order valence-corrected chi connectivity index (χ1v) is 7.67. The van der Waals surface area contributed by atoms with Gasteiger partial charge in [-0.05, 0) is 45.1 Å². The maximum absolute atomic E-state index is 13.0. The molecule has 0 aromatic heterocycles. The topological polar surface area (TPSA) is 38.8 Å². The maximum Gasteiger partial charge on any atom is 0.183 e. The molecule has 1 aromatic carbocycles. The zero-order chi connectivity index (χ0) is 15.5. The Hall–Kier alpha value is -1.55. The van der Waals surface area contributed by atoms with Crippen LogP contribution in [0.5, 0.6) is 11.5 Å². The third-order valence-electron chi connectivity index (χ3n) is 4.46. The molecule has 1 aliphatic heterocycles. The van der Waals surface area contributed by atoms with Crippen molar-refractivity contribution in [1.82, 2.24) is 4.90 Å². The normalized spacial score (nSPS) is 14.9. The van der Waals surface area contributed by atoms with Crippen LogP contribution < -0.4 is 9.47 Å². The molecule has 0 saturated heterocycles. The molecule has 0 bridgehead atoms. The molecule has 0 amide bonds. The van der Waals surface area contributed by atoms with E-state index in [1.165, 1.54) is 0 Å². The standard InChI is InChI=1S/C17H25NO3/c1-5-17(6-2,18(3)4)16(19)13-8-9-14-15(12-13)21-11-7-10-20-14/h8-9,12H,5-7,10-11H2,1-4H3. The van der Waals surface area contributed by atoms with Crippen LogP contribution >= 0.6 is 0 Å². The fraction of sp³-hybridized carbons (Fsp3) is 0.588. The van der Waals surface area contributed by atoms with Crippen molar-refractivity contribution < 1.29 is 14.3 Å². The molecule has 0 atom stereocenters. The Morgan fingerprint density at radius 2 is 1.76 bits per heavy atom. The number of hydrogen-bond donors (Lipinski definition) is 0. The van der Waals surface area contributed by atoms with Crippen molar-refractivity contribution in [2.45, 2.75) is 38.6 Å². The molecule has 0 fully saturated rings. The van der Waals surface area contributed by atoms with Crippen molar-refractivity contribution in [1.29, 1.82) is 0 Å². The molecule has 0 saturated carbocycles. The van der Waals surface area contributed by atoms with Crippen molar-refractivity contribution in [2.24, 2.45) is 0 Å². The predicted octanol–water partition coefficient (Wildman–Crippen LogP) is 3.15. The summed E-state index contributed by atoms with van der Waals surface area (Å²) < 4.78 is 11.3. The van der Waals surface area contributed by atoms with Crippen LogP contribution in [0.1, 0.15) is 43.5 Å². The van der Waals surface area contributed by atoms with Gasteiger partial charge >= 0.3 is 0 Å². The number of rotatable bonds is 5. The minimum atomic E-state index is -0.459. The highest BCUT2D eigenvalue weighted by Gasteiger charge is 2.37. The molecule has 1 heterocycles. The second-order valence-electron chi connectivity index (χ2n) is 5.67. The van der Waals surface area contributed by atoms with Gasteiger partial charge in [0.25, 0.3) is 0 Å². The number of benzene rings is 1. The molecule has 2 rings (SSSR count). The minimum absolute atomic E-state index is 0.146. The average Bonchev–Trinajstić information content (AvgIpc) is 2.73. The third-order valence-corrected chi connectivity index (χ3v) is 4.46. The van der Waals surface area contributed by atoms with Gasteiger partial charge in [-0.3, -0.25) is 9.69 Å². The van der Waals surface area contributed by atoms with E-state index >= 15 is 0 Å². The van der Waals surface area contributed by atoms with Crippen molar-refractivity contribution in [3.8, 4) is 11.5 Å². The van der Waals surface area contributed by atoms with Gasteiger partial charge in [-0.15, -0.1) is 0 Å². The second-order valence-corrected chi connectivity index (χ2v) is 5.67. The van der Waals surface area contributed by atoms with E-state index in [0.717, 1.165) is 25.0 Å². The Labute approximate surface area is 127 Å². The highest BCUT2D eigenvalue weighted by Crippen LogP contribution is 2.33. The minimum Gasteiger partial charge on any atom is -0.490 e. The lowest BCUT2D eigenvalue weighted by molar-refractivity contribution is 0.0656. The van der Waals surface area contributed by atoms with Crippen LogP contribution in [0.25, 0.3) is 0 Å². The van der Waals surface area contributed by atoms with Gasteiger partial charge in [0.1, 0.15) is 0 Å². The van der Waals surface area contributed by atoms with Gasteiger partial charge in [-0.25, -0.2) is 0 Å². The van der Waals surface area contributed by atoms with Crippen molar-refractivity contribution in [3.05, 3.63) is 23.8 Å². The summed E-state index contributed by atoms with van der Waals surface area (Å²) in [6.45, 7) is 5.41. The molecule has 4 nitrogen and oxygen atoms in total. The summed E-state index contributed by atoms with van der Waals surface area (Å²) in [5.41, 5.74) is 0.233. The fourth-order valence-corrected chi connectivity index (χ4v) is 2.98. The molecular formula is C17H25NO3. The van der Waals surface area contributed by atoms with Gasteiger partial charge in [0.05, 0.1) is 18.8 Å². The van der Waals surface area contributed by atoms with E-state index in [0.29, 0.717) is 24.5 Å². The predicted molar refractivity (Wildman–Crippen MR) is 83.4 cm³/mol. The highest BCUT2D eigenvalue weighted by molar-refractivity contribution is 6.03. The SMILES string of the molecule is CCC(CC)(C(=O)c1ccc2c(c1)OCCCO2)N(C)C. The quantitative estimate of drug-likeness (QED) is 0.781. The van der Waals surface area contributed by atoms with Crippen LogP contribution in [0.4, 0.5) is 0 Å². The number of carbonyl (C=O) groups is 1. The summed E-state index contributed by atoms with van der Waals surface area (Å²) in [5, 5.41) is 0. The average molecular weight is 291 g/mol. The molecule has 1 aromatic rings. The summed E-state index contributed by atoms with van der Waals surface area (Å²) in [7, 11) is 3.93. The highest BCUT2D eigenvalue weighted by atomic mass is 16.5. The summed E-state index contributed by atoms with van der Waals surface area (Å²) in [4.78, 5) is 15.0. The zero-order valence-electron chi connectivity index (χ0n) is 13.4. The number of ether oxygens (including phenoxy) is 2. The summed E-state index contributed by atoms with van der Waals surface area (Å²) in [6.07, 6.45) is 2.43. The van der Waals surface area contributed by atoms with Crippen molar-refractivity contribution in [2.75, 3.05) is 27.3 Å². The lowest BCUT2D eigenvalue weighted by Gasteiger charge is -2.37. The lowest BCUT2D eigenvalue weighted by atomic mass is 9.83. The van der Waals surface area contributed by atoms with Crippen LogP contribution in [0.3, 0.4) is 0 Å². The molecule has 0 radical (unpaired) electrons. The van der Waals surface area contributed by atoms with E-state index in [4.69, 9.17) is 9.47 Å². The Bertz CT molecular complexity index is 507. The Morgan fingerprint density at radius 3 is 2.33 bits per heavy atom. The van der Waals surface area contributed by atoms with E-state index in [1.807, 2.05) is 37.2 Å². The van der Waals surface area contributed by atoms with Crippen LogP contribution in [0.2, 0.25) is 0 Å². The molecule has 0 N–H and O–H groups in total. The Morgan fingerprint density at radius 1 is 1.14 bits per heavy atom. The third kappa shape index (κ3) is 2.91. The van der Waals surface area contributed by atoms with Gasteiger partial charge in [0.2, 0.25) is 0 Å². The van der Waals surface area contributed by atoms with E-state index in [9.17, 15) is 4.79 Å².